The summed E-state index contributed by atoms with van der Waals surface area (Å²) in [6.07, 6.45) is 12.6. The standard InChI is InChI=1S/C27H44O3/c1-16(6-9-23-25(2,3)30-23)21-15-22(29)24-19-8-7-17-14-18(28)10-12-26(17,4)20(19)11-13-27(21,24)5/h7,16,18-24,28-29H,6,8-15H2,1-5H3/t16?,18-,19?,20-,21+,22-,23?,24+,26-,27+/m0/s1. The number of aliphatic hydroxyl groups excluding tert-OH is 2. The maximum Gasteiger partial charge on any atom is 0.0892 e. The first-order valence-electron chi connectivity index (χ1n) is 12.8. The topological polar surface area (TPSA) is 53.0 Å². The van der Waals surface area contributed by atoms with Crippen LogP contribution >= 0.6 is 0 Å². The van der Waals surface area contributed by atoms with Crippen molar-refractivity contribution in [2.24, 2.45) is 40.4 Å². The molecule has 0 amide bonds. The van der Waals surface area contributed by atoms with E-state index in [-0.39, 0.29) is 28.6 Å². The molecule has 4 fully saturated rings. The molecule has 1 saturated heterocycles. The molecule has 30 heavy (non-hydrogen) atoms. The summed E-state index contributed by atoms with van der Waals surface area (Å²) in [6.45, 7) is 11.8. The second kappa shape index (κ2) is 7.06. The van der Waals surface area contributed by atoms with Gasteiger partial charge in [-0.2, -0.15) is 0 Å². The van der Waals surface area contributed by atoms with Crippen molar-refractivity contribution in [1.29, 1.82) is 0 Å². The maximum atomic E-state index is 11.4. The van der Waals surface area contributed by atoms with E-state index in [1.165, 1.54) is 31.3 Å². The molecule has 2 N–H and O–H groups in total. The molecule has 0 spiro atoms. The van der Waals surface area contributed by atoms with Gasteiger partial charge in [0.2, 0.25) is 0 Å². The Morgan fingerprint density at radius 1 is 1.13 bits per heavy atom. The number of hydrogen-bond acceptors (Lipinski definition) is 3. The summed E-state index contributed by atoms with van der Waals surface area (Å²) in [5.41, 5.74) is 2.14. The van der Waals surface area contributed by atoms with Gasteiger partial charge in [-0.15, -0.1) is 0 Å². The van der Waals surface area contributed by atoms with E-state index in [1.807, 2.05) is 0 Å². The maximum absolute atomic E-state index is 11.4. The lowest BCUT2D eigenvalue weighted by Gasteiger charge is -2.58. The van der Waals surface area contributed by atoms with Gasteiger partial charge in [0.15, 0.2) is 0 Å². The molecule has 3 saturated carbocycles. The quantitative estimate of drug-likeness (QED) is 0.470. The van der Waals surface area contributed by atoms with Crippen molar-refractivity contribution in [3.8, 4) is 0 Å². The number of fused-ring (bicyclic) bond motifs is 5. The van der Waals surface area contributed by atoms with Crippen LogP contribution in [0.1, 0.15) is 92.4 Å². The molecule has 4 aliphatic carbocycles. The van der Waals surface area contributed by atoms with Crippen LogP contribution in [0.2, 0.25) is 0 Å². The summed E-state index contributed by atoms with van der Waals surface area (Å²) >= 11 is 0. The highest BCUT2D eigenvalue weighted by molar-refractivity contribution is 5.26. The lowest BCUT2D eigenvalue weighted by atomic mass is 9.46. The highest BCUT2D eigenvalue weighted by Crippen LogP contribution is 2.67. The largest absolute Gasteiger partial charge is 0.393 e. The number of epoxide rings is 1. The van der Waals surface area contributed by atoms with Crippen LogP contribution in [0, 0.1) is 40.4 Å². The SMILES string of the molecule is CC(CCC1OC1(C)C)[C@H]1C[C@H](O)[C@H]2C3CC=C4C[C@@H](O)CC[C@]4(C)[C@H]3CC[C@]12C. The van der Waals surface area contributed by atoms with Crippen molar-refractivity contribution >= 4 is 0 Å². The van der Waals surface area contributed by atoms with Crippen LogP contribution in [-0.2, 0) is 4.74 Å². The van der Waals surface area contributed by atoms with Gasteiger partial charge in [0.25, 0.3) is 0 Å². The van der Waals surface area contributed by atoms with Crippen LogP contribution < -0.4 is 0 Å². The van der Waals surface area contributed by atoms with Crippen molar-refractivity contribution in [2.45, 2.75) is 116 Å². The summed E-state index contributed by atoms with van der Waals surface area (Å²) in [7, 11) is 0. The highest BCUT2D eigenvalue weighted by Gasteiger charge is 2.62. The Morgan fingerprint density at radius 3 is 2.57 bits per heavy atom. The minimum atomic E-state index is -0.142. The van der Waals surface area contributed by atoms with Crippen LogP contribution in [-0.4, -0.2) is 34.1 Å². The third-order valence-corrected chi connectivity index (χ3v) is 10.9. The van der Waals surface area contributed by atoms with Gasteiger partial charge in [0.05, 0.1) is 23.9 Å². The zero-order chi connectivity index (χ0) is 21.5. The first kappa shape index (κ1) is 21.5. The second-order valence-electron chi connectivity index (χ2n) is 12.8. The smallest absolute Gasteiger partial charge is 0.0892 e. The minimum Gasteiger partial charge on any atom is -0.393 e. The van der Waals surface area contributed by atoms with Crippen LogP contribution in [0.4, 0.5) is 0 Å². The number of aliphatic hydroxyl groups is 2. The van der Waals surface area contributed by atoms with Gasteiger partial charge in [0.1, 0.15) is 0 Å². The first-order chi connectivity index (χ1) is 14.1. The second-order valence-corrected chi connectivity index (χ2v) is 12.8. The molecule has 0 aromatic carbocycles. The Morgan fingerprint density at radius 2 is 1.87 bits per heavy atom. The zero-order valence-corrected chi connectivity index (χ0v) is 19.9. The fourth-order valence-electron chi connectivity index (χ4n) is 8.99. The van der Waals surface area contributed by atoms with Gasteiger partial charge in [-0.25, -0.2) is 0 Å². The van der Waals surface area contributed by atoms with Gasteiger partial charge >= 0.3 is 0 Å². The molecule has 0 radical (unpaired) electrons. The summed E-state index contributed by atoms with van der Waals surface area (Å²) < 4.78 is 5.84. The molecule has 3 heteroatoms. The third kappa shape index (κ3) is 3.17. The van der Waals surface area contributed by atoms with Gasteiger partial charge < -0.3 is 14.9 Å². The molecule has 1 heterocycles. The lowest BCUT2D eigenvalue weighted by Crippen LogP contribution is -2.52. The van der Waals surface area contributed by atoms with Crippen LogP contribution in [0.25, 0.3) is 0 Å². The molecule has 5 aliphatic rings. The monoisotopic (exact) mass is 416 g/mol. The fourth-order valence-corrected chi connectivity index (χ4v) is 8.99. The number of hydrogen-bond donors (Lipinski definition) is 2. The fraction of sp³-hybridized carbons (Fsp3) is 0.926. The van der Waals surface area contributed by atoms with E-state index in [0.29, 0.717) is 35.7 Å². The summed E-state index contributed by atoms with van der Waals surface area (Å²) in [4.78, 5) is 0. The zero-order valence-electron chi connectivity index (χ0n) is 19.9. The average Bonchev–Trinajstić information content (AvgIpc) is 3.20. The predicted molar refractivity (Wildman–Crippen MR) is 120 cm³/mol. The van der Waals surface area contributed by atoms with E-state index in [9.17, 15) is 10.2 Å². The van der Waals surface area contributed by atoms with Gasteiger partial charge in [-0.05, 0) is 112 Å². The predicted octanol–water partition coefficient (Wildman–Crippen LogP) is 5.49. The van der Waals surface area contributed by atoms with Crippen molar-refractivity contribution in [3.63, 3.8) is 0 Å². The Hall–Kier alpha value is -0.380. The van der Waals surface area contributed by atoms with E-state index in [1.54, 1.807) is 0 Å². The third-order valence-electron chi connectivity index (χ3n) is 10.9. The van der Waals surface area contributed by atoms with Crippen LogP contribution in [0.3, 0.4) is 0 Å². The molecular formula is C27H44O3. The normalized spacial score (nSPS) is 52.6. The molecular weight excluding hydrogens is 372 g/mol. The van der Waals surface area contributed by atoms with E-state index in [0.717, 1.165) is 32.1 Å². The van der Waals surface area contributed by atoms with Gasteiger partial charge in [-0.1, -0.05) is 32.4 Å². The van der Waals surface area contributed by atoms with E-state index in [4.69, 9.17) is 4.74 Å². The van der Waals surface area contributed by atoms with Crippen molar-refractivity contribution in [3.05, 3.63) is 11.6 Å². The molecule has 3 unspecified atom stereocenters. The minimum absolute atomic E-state index is 0.0918. The average molecular weight is 417 g/mol. The summed E-state index contributed by atoms with van der Waals surface area (Å²) in [5.74, 6) is 3.03. The Labute approximate surface area is 183 Å². The molecule has 10 atom stereocenters. The summed E-state index contributed by atoms with van der Waals surface area (Å²) in [5, 5.41) is 21.6. The van der Waals surface area contributed by atoms with E-state index >= 15 is 0 Å². The van der Waals surface area contributed by atoms with Gasteiger partial charge in [0, 0.05) is 0 Å². The van der Waals surface area contributed by atoms with E-state index < -0.39 is 0 Å². The Kier molecular flexibility index (Phi) is 5.05. The molecule has 0 aromatic rings. The van der Waals surface area contributed by atoms with Crippen molar-refractivity contribution < 1.29 is 14.9 Å². The van der Waals surface area contributed by atoms with Crippen molar-refractivity contribution in [1.82, 2.24) is 0 Å². The Bertz CT molecular complexity index is 713. The molecule has 5 rings (SSSR count). The van der Waals surface area contributed by atoms with Crippen molar-refractivity contribution in [2.75, 3.05) is 0 Å². The van der Waals surface area contributed by atoms with Gasteiger partial charge in [-0.3, -0.25) is 0 Å². The van der Waals surface area contributed by atoms with E-state index in [2.05, 4.69) is 40.7 Å². The molecule has 0 aromatic heterocycles. The molecule has 170 valence electrons. The number of ether oxygens (including phenoxy) is 1. The molecule has 0 bridgehead atoms. The van der Waals surface area contributed by atoms with Crippen LogP contribution in [0.5, 0.6) is 0 Å². The summed E-state index contributed by atoms with van der Waals surface area (Å²) in [6, 6.07) is 0. The Balaban J connectivity index is 1.34. The number of allylic oxidation sites excluding steroid dienone is 1. The first-order valence-corrected chi connectivity index (χ1v) is 12.8. The van der Waals surface area contributed by atoms with Crippen LogP contribution in [0.15, 0.2) is 11.6 Å². The molecule has 1 aliphatic heterocycles. The highest BCUT2D eigenvalue weighted by atomic mass is 16.6. The molecule has 3 nitrogen and oxygen atoms in total. The lowest BCUT2D eigenvalue weighted by molar-refractivity contribution is -0.0816. The number of rotatable bonds is 4.